The molecule has 0 atom stereocenters. The van der Waals surface area contributed by atoms with E-state index in [9.17, 15) is 18.0 Å². The molecule has 5 N–H and O–H groups in total. The topological polar surface area (TPSA) is 152 Å². The minimum absolute atomic E-state index is 0.0294. The Morgan fingerprint density at radius 1 is 1.47 bits per heavy atom. The molecule has 0 aliphatic carbocycles. The number of sulfonamides is 1. The fourth-order valence-corrected chi connectivity index (χ4v) is 2.16. The van der Waals surface area contributed by atoms with Crippen molar-refractivity contribution in [2.45, 2.75) is 4.90 Å². The predicted octanol–water partition coefficient (Wildman–Crippen LogP) is -1.51. The summed E-state index contributed by atoms with van der Waals surface area (Å²) in [7, 11) is -3.81. The molecule has 0 saturated carbocycles. The van der Waals surface area contributed by atoms with Crippen LogP contribution < -0.4 is 10.5 Å². The van der Waals surface area contributed by atoms with E-state index >= 15 is 0 Å². The number of carbonyl (C=O) groups excluding carboxylic acids is 1. The highest BCUT2D eigenvalue weighted by Crippen LogP contribution is 2.10. The number of ether oxygens (including phenoxy) is 1. The number of carboxylic acids is 1. The van der Waals surface area contributed by atoms with Gasteiger partial charge in [0.15, 0.2) is 0 Å². The predicted molar refractivity (Wildman–Crippen MR) is 63.0 cm³/mol. The Balaban J connectivity index is 2.51. The van der Waals surface area contributed by atoms with Crippen LogP contribution in [0, 0.1) is 0 Å². The molecule has 0 aliphatic heterocycles. The first-order valence-corrected chi connectivity index (χ1v) is 6.58. The molecule has 19 heavy (non-hydrogen) atoms. The van der Waals surface area contributed by atoms with E-state index in [1.54, 1.807) is 0 Å². The second-order valence-electron chi connectivity index (χ2n) is 3.47. The van der Waals surface area contributed by atoms with Crippen molar-refractivity contribution in [2.75, 3.05) is 19.8 Å². The molecule has 10 heteroatoms. The highest BCUT2D eigenvalue weighted by atomic mass is 32.2. The summed E-state index contributed by atoms with van der Waals surface area (Å²) in [5, 5.41) is 8.65. The number of H-pyrrole nitrogens is 1. The summed E-state index contributed by atoms with van der Waals surface area (Å²) >= 11 is 0. The number of aromatic nitrogens is 1. The number of nitrogens with two attached hydrogens (primary N) is 1. The highest BCUT2D eigenvalue weighted by molar-refractivity contribution is 7.89. The van der Waals surface area contributed by atoms with Gasteiger partial charge in [0, 0.05) is 12.7 Å². The monoisotopic (exact) mass is 291 g/mol. The van der Waals surface area contributed by atoms with Crippen molar-refractivity contribution < 1.29 is 27.9 Å². The first kappa shape index (κ1) is 15.1. The fourth-order valence-electron chi connectivity index (χ4n) is 1.16. The third kappa shape index (κ3) is 4.69. The van der Waals surface area contributed by atoms with E-state index in [2.05, 4.69) is 9.71 Å². The first-order valence-electron chi connectivity index (χ1n) is 5.10. The van der Waals surface area contributed by atoms with Crippen molar-refractivity contribution in [2.24, 2.45) is 5.73 Å². The van der Waals surface area contributed by atoms with Gasteiger partial charge in [-0.05, 0) is 6.07 Å². The summed E-state index contributed by atoms with van der Waals surface area (Å²) in [5.41, 5.74) is 4.59. The van der Waals surface area contributed by atoms with Crippen LogP contribution in [0.2, 0.25) is 0 Å². The molecule has 0 bridgehead atoms. The second kappa shape index (κ2) is 6.31. The van der Waals surface area contributed by atoms with Crippen molar-refractivity contribution >= 4 is 21.9 Å². The van der Waals surface area contributed by atoms with E-state index < -0.39 is 21.9 Å². The lowest BCUT2D eigenvalue weighted by Gasteiger charge is -2.04. The Morgan fingerprint density at radius 2 is 2.16 bits per heavy atom. The molecule has 1 amide bonds. The van der Waals surface area contributed by atoms with E-state index in [0.29, 0.717) is 0 Å². The SMILES string of the molecule is NC(=O)COCCNS(=O)(=O)c1c[nH]c(C(=O)O)c1. The zero-order chi connectivity index (χ0) is 14.5. The lowest BCUT2D eigenvalue weighted by molar-refractivity contribution is -0.122. The summed E-state index contributed by atoms with van der Waals surface area (Å²) in [5.74, 6) is -1.91. The van der Waals surface area contributed by atoms with Gasteiger partial charge in [-0.3, -0.25) is 4.79 Å². The van der Waals surface area contributed by atoms with Crippen LogP contribution in [0.3, 0.4) is 0 Å². The molecule has 0 saturated heterocycles. The maximum Gasteiger partial charge on any atom is 0.352 e. The standard InChI is InChI=1S/C9H13N3O6S/c10-8(13)5-18-2-1-12-19(16,17)6-3-7(9(14)15)11-4-6/h3-4,11-12H,1-2,5H2,(H2,10,13)(H,14,15). The molecule has 0 fully saturated rings. The number of aromatic carboxylic acids is 1. The van der Waals surface area contributed by atoms with Gasteiger partial charge in [0.2, 0.25) is 15.9 Å². The Bertz CT molecular complexity index is 564. The van der Waals surface area contributed by atoms with E-state index in [1.807, 2.05) is 0 Å². The summed E-state index contributed by atoms with van der Waals surface area (Å²) in [6, 6.07) is 0.995. The Labute approximate surface area is 108 Å². The van der Waals surface area contributed by atoms with Gasteiger partial charge in [0.25, 0.3) is 0 Å². The van der Waals surface area contributed by atoms with Crippen LogP contribution in [0.1, 0.15) is 10.5 Å². The van der Waals surface area contributed by atoms with Crippen LogP contribution in [0.4, 0.5) is 0 Å². The summed E-state index contributed by atoms with van der Waals surface area (Å²) < 4.78 is 30.3. The molecular formula is C9H13N3O6S. The van der Waals surface area contributed by atoms with Crippen LogP contribution in [0.15, 0.2) is 17.2 Å². The zero-order valence-corrected chi connectivity index (χ0v) is 10.6. The fraction of sp³-hybridized carbons (Fsp3) is 0.333. The van der Waals surface area contributed by atoms with E-state index in [4.69, 9.17) is 15.6 Å². The molecular weight excluding hydrogens is 278 g/mol. The molecule has 1 heterocycles. The lowest BCUT2D eigenvalue weighted by Crippen LogP contribution is -2.28. The molecule has 1 aromatic heterocycles. The number of amides is 1. The van der Waals surface area contributed by atoms with E-state index in [1.165, 1.54) is 0 Å². The van der Waals surface area contributed by atoms with Gasteiger partial charge in [-0.2, -0.15) is 0 Å². The van der Waals surface area contributed by atoms with Gasteiger partial charge in [0.05, 0.1) is 6.61 Å². The molecule has 0 aliphatic rings. The lowest BCUT2D eigenvalue weighted by atomic mass is 10.4. The molecule has 106 valence electrons. The Morgan fingerprint density at radius 3 is 2.68 bits per heavy atom. The maximum atomic E-state index is 11.7. The summed E-state index contributed by atoms with van der Waals surface area (Å²) in [4.78, 5) is 23.1. The van der Waals surface area contributed by atoms with Crippen LogP contribution in [-0.4, -0.2) is 50.1 Å². The number of nitrogens with one attached hydrogen (secondary N) is 2. The molecule has 0 aromatic carbocycles. The molecule has 0 radical (unpaired) electrons. The molecule has 1 rings (SSSR count). The molecule has 1 aromatic rings. The van der Waals surface area contributed by atoms with Gasteiger partial charge in [-0.15, -0.1) is 0 Å². The number of rotatable bonds is 8. The Hall–Kier alpha value is -1.91. The number of carboxylic acid groups (broad SMARTS) is 1. The minimum Gasteiger partial charge on any atom is -0.477 e. The van der Waals surface area contributed by atoms with Crippen LogP contribution in [-0.2, 0) is 19.6 Å². The number of carbonyl (C=O) groups is 2. The van der Waals surface area contributed by atoms with E-state index in [0.717, 1.165) is 12.3 Å². The van der Waals surface area contributed by atoms with Gasteiger partial charge in [0.1, 0.15) is 17.2 Å². The molecule has 9 nitrogen and oxygen atoms in total. The highest BCUT2D eigenvalue weighted by Gasteiger charge is 2.17. The van der Waals surface area contributed by atoms with Crippen molar-refractivity contribution in [1.82, 2.24) is 9.71 Å². The smallest absolute Gasteiger partial charge is 0.352 e. The summed E-state index contributed by atoms with van der Waals surface area (Å²) in [6.45, 7) is -0.392. The van der Waals surface area contributed by atoms with Gasteiger partial charge < -0.3 is 20.6 Å². The van der Waals surface area contributed by atoms with Gasteiger partial charge in [-0.25, -0.2) is 17.9 Å². The number of aromatic amines is 1. The third-order valence-corrected chi connectivity index (χ3v) is 3.42. The number of primary amides is 1. The van der Waals surface area contributed by atoms with Crippen LogP contribution in [0.25, 0.3) is 0 Å². The van der Waals surface area contributed by atoms with Crippen molar-refractivity contribution in [3.8, 4) is 0 Å². The second-order valence-corrected chi connectivity index (χ2v) is 5.24. The van der Waals surface area contributed by atoms with Gasteiger partial charge in [-0.1, -0.05) is 0 Å². The molecule has 0 unspecified atom stereocenters. The van der Waals surface area contributed by atoms with Crippen molar-refractivity contribution in [3.05, 3.63) is 18.0 Å². The first-order chi connectivity index (χ1) is 8.83. The largest absolute Gasteiger partial charge is 0.477 e. The molecule has 0 spiro atoms. The van der Waals surface area contributed by atoms with Gasteiger partial charge >= 0.3 is 5.97 Å². The number of hydrogen-bond donors (Lipinski definition) is 4. The maximum absolute atomic E-state index is 11.7. The average molecular weight is 291 g/mol. The van der Waals surface area contributed by atoms with E-state index in [-0.39, 0.29) is 30.3 Å². The zero-order valence-electron chi connectivity index (χ0n) is 9.75. The van der Waals surface area contributed by atoms with Crippen LogP contribution in [0.5, 0.6) is 0 Å². The normalized spacial score (nSPS) is 11.4. The van der Waals surface area contributed by atoms with Crippen molar-refractivity contribution in [1.29, 1.82) is 0 Å². The average Bonchev–Trinajstić information content (AvgIpc) is 2.77. The number of hydrogen-bond acceptors (Lipinski definition) is 5. The van der Waals surface area contributed by atoms with Crippen molar-refractivity contribution in [3.63, 3.8) is 0 Å². The summed E-state index contributed by atoms with van der Waals surface area (Å²) in [6.07, 6.45) is 1.07. The third-order valence-electron chi connectivity index (χ3n) is 1.98. The quantitative estimate of drug-likeness (QED) is 0.427. The van der Waals surface area contributed by atoms with Crippen LogP contribution >= 0.6 is 0 Å². The minimum atomic E-state index is -3.81. The Kier molecular flexibility index (Phi) is 5.03.